The van der Waals surface area contributed by atoms with Crippen molar-refractivity contribution in [2.24, 2.45) is 5.92 Å². The number of carbonyl (C=O) groups is 2. The molecule has 1 aromatic carbocycles. The molecule has 0 bridgehead atoms. The zero-order valence-corrected chi connectivity index (χ0v) is 14.1. The maximum atomic E-state index is 12.4. The largest absolute Gasteiger partial charge is 0.331 e. The third-order valence-electron chi connectivity index (χ3n) is 3.63. The summed E-state index contributed by atoms with van der Waals surface area (Å²) in [5.41, 5.74) is 0.607. The second kappa shape index (κ2) is 7.20. The van der Waals surface area contributed by atoms with E-state index in [9.17, 15) is 9.59 Å². The van der Waals surface area contributed by atoms with Gasteiger partial charge >= 0.3 is 6.03 Å². The summed E-state index contributed by atoms with van der Waals surface area (Å²) >= 11 is 11.8. The van der Waals surface area contributed by atoms with Crippen LogP contribution in [0.4, 0.5) is 10.5 Å². The number of nitrogens with one attached hydrogen (secondary N) is 1. The third kappa shape index (κ3) is 4.05. The zero-order chi connectivity index (χ0) is 16.3. The van der Waals surface area contributed by atoms with Crippen molar-refractivity contribution in [1.29, 1.82) is 0 Å². The molecular weight excluding hydrogens is 325 g/mol. The number of rotatable bonds is 2. The molecule has 1 N–H and O–H groups in total. The van der Waals surface area contributed by atoms with E-state index >= 15 is 0 Å². The van der Waals surface area contributed by atoms with Gasteiger partial charge in [0.1, 0.15) is 0 Å². The molecule has 1 atom stereocenters. The Hall–Kier alpha value is -1.46. The molecule has 0 unspecified atom stereocenters. The maximum Gasteiger partial charge on any atom is 0.319 e. The average molecular weight is 344 g/mol. The normalized spacial score (nSPS) is 18.0. The number of piperidine rings is 1. The number of urea groups is 1. The molecule has 0 aliphatic carbocycles. The first kappa shape index (κ1) is 16.9. The van der Waals surface area contributed by atoms with Crippen LogP contribution in [0, 0.1) is 5.92 Å². The van der Waals surface area contributed by atoms with E-state index < -0.39 is 0 Å². The SMILES string of the molecule is CN(C)C(=O)N1CCC[C@H](C(=O)Nc2ccc(Cl)c(Cl)c2)C1. The Bertz CT molecular complexity index is 578. The first-order valence-corrected chi connectivity index (χ1v) is 7.86. The highest BCUT2D eigenvalue weighted by Crippen LogP contribution is 2.26. The number of hydrogen-bond donors (Lipinski definition) is 1. The van der Waals surface area contributed by atoms with Gasteiger partial charge in [0, 0.05) is 32.9 Å². The minimum absolute atomic E-state index is 0.0629. The van der Waals surface area contributed by atoms with Gasteiger partial charge in [-0.05, 0) is 31.0 Å². The van der Waals surface area contributed by atoms with Gasteiger partial charge in [0.05, 0.1) is 16.0 Å². The molecule has 2 rings (SSSR count). The fraction of sp³-hybridized carbons (Fsp3) is 0.467. The van der Waals surface area contributed by atoms with Crippen LogP contribution in [-0.2, 0) is 4.79 Å². The van der Waals surface area contributed by atoms with Gasteiger partial charge in [-0.1, -0.05) is 23.2 Å². The van der Waals surface area contributed by atoms with Crippen molar-refractivity contribution in [2.45, 2.75) is 12.8 Å². The predicted octanol–water partition coefficient (Wildman–Crippen LogP) is 3.33. The van der Waals surface area contributed by atoms with Gasteiger partial charge < -0.3 is 15.1 Å². The Morgan fingerprint density at radius 1 is 1.27 bits per heavy atom. The van der Waals surface area contributed by atoms with Crippen LogP contribution in [0.2, 0.25) is 10.0 Å². The van der Waals surface area contributed by atoms with Gasteiger partial charge in [-0.3, -0.25) is 4.79 Å². The Balaban J connectivity index is 1.99. The van der Waals surface area contributed by atoms with Crippen LogP contribution in [0.25, 0.3) is 0 Å². The molecule has 7 heteroatoms. The van der Waals surface area contributed by atoms with Gasteiger partial charge in [0.2, 0.25) is 5.91 Å². The molecule has 1 saturated heterocycles. The average Bonchev–Trinajstić information content (AvgIpc) is 2.50. The third-order valence-corrected chi connectivity index (χ3v) is 4.37. The van der Waals surface area contributed by atoms with Gasteiger partial charge in [0.15, 0.2) is 0 Å². The van der Waals surface area contributed by atoms with Gasteiger partial charge in [-0.2, -0.15) is 0 Å². The van der Waals surface area contributed by atoms with Crippen LogP contribution in [0.15, 0.2) is 18.2 Å². The second-order valence-electron chi connectivity index (χ2n) is 5.58. The van der Waals surface area contributed by atoms with Crippen molar-refractivity contribution in [3.63, 3.8) is 0 Å². The number of benzene rings is 1. The van der Waals surface area contributed by atoms with Gasteiger partial charge in [0.25, 0.3) is 0 Å². The van der Waals surface area contributed by atoms with Gasteiger partial charge in [-0.25, -0.2) is 4.79 Å². The maximum absolute atomic E-state index is 12.4. The summed E-state index contributed by atoms with van der Waals surface area (Å²) in [7, 11) is 3.42. The first-order valence-electron chi connectivity index (χ1n) is 7.10. The Morgan fingerprint density at radius 2 is 2.00 bits per heavy atom. The summed E-state index contributed by atoms with van der Waals surface area (Å²) in [6.45, 7) is 1.12. The standard InChI is InChI=1S/C15H19Cl2N3O2/c1-19(2)15(22)20-7-3-4-10(9-20)14(21)18-11-5-6-12(16)13(17)8-11/h5-6,8,10H,3-4,7,9H2,1-2H3,(H,18,21)/t10-/m0/s1. The summed E-state index contributed by atoms with van der Waals surface area (Å²) < 4.78 is 0. The number of likely N-dealkylation sites (tertiary alicyclic amines) is 1. The lowest BCUT2D eigenvalue weighted by Crippen LogP contribution is -2.47. The number of halogens is 2. The molecule has 5 nitrogen and oxygen atoms in total. The monoisotopic (exact) mass is 343 g/mol. The van der Waals surface area contributed by atoms with Crippen LogP contribution in [0.1, 0.15) is 12.8 Å². The quantitative estimate of drug-likeness (QED) is 0.895. The number of anilines is 1. The van der Waals surface area contributed by atoms with Gasteiger partial charge in [-0.15, -0.1) is 0 Å². The van der Waals surface area contributed by atoms with Crippen molar-refractivity contribution in [3.8, 4) is 0 Å². The van der Waals surface area contributed by atoms with Crippen LogP contribution in [0.5, 0.6) is 0 Å². The van der Waals surface area contributed by atoms with E-state index in [4.69, 9.17) is 23.2 Å². The van der Waals surface area contributed by atoms with E-state index in [2.05, 4.69) is 5.32 Å². The fourth-order valence-corrected chi connectivity index (χ4v) is 2.76. The number of hydrogen-bond acceptors (Lipinski definition) is 2. The molecule has 1 aromatic rings. The lowest BCUT2D eigenvalue weighted by molar-refractivity contribution is -0.121. The van der Waals surface area contributed by atoms with Crippen molar-refractivity contribution in [1.82, 2.24) is 9.80 Å². The minimum Gasteiger partial charge on any atom is -0.331 e. The van der Waals surface area contributed by atoms with E-state index in [1.54, 1.807) is 37.2 Å². The van der Waals surface area contributed by atoms with Crippen LogP contribution in [-0.4, -0.2) is 48.9 Å². The van der Waals surface area contributed by atoms with E-state index in [-0.39, 0.29) is 17.9 Å². The summed E-state index contributed by atoms with van der Waals surface area (Å²) in [6, 6.07) is 4.90. The fourth-order valence-electron chi connectivity index (χ4n) is 2.47. The summed E-state index contributed by atoms with van der Waals surface area (Å²) in [5.74, 6) is -0.318. The lowest BCUT2D eigenvalue weighted by atomic mass is 9.97. The Morgan fingerprint density at radius 3 is 2.64 bits per heavy atom. The van der Waals surface area contributed by atoms with Crippen molar-refractivity contribution < 1.29 is 9.59 Å². The molecule has 0 aromatic heterocycles. The number of amides is 3. The van der Waals surface area contributed by atoms with Crippen LogP contribution >= 0.6 is 23.2 Å². The molecule has 1 aliphatic rings. The van der Waals surface area contributed by atoms with Crippen molar-refractivity contribution in [3.05, 3.63) is 28.2 Å². The van der Waals surface area contributed by atoms with E-state index in [0.29, 0.717) is 28.8 Å². The van der Waals surface area contributed by atoms with Crippen molar-refractivity contribution in [2.75, 3.05) is 32.5 Å². The molecule has 120 valence electrons. The number of nitrogens with zero attached hydrogens (tertiary/aromatic N) is 2. The molecule has 1 fully saturated rings. The molecular formula is C15H19Cl2N3O2. The molecule has 0 radical (unpaired) electrons. The Labute approximate surface area is 140 Å². The van der Waals surface area contributed by atoms with Crippen LogP contribution in [0.3, 0.4) is 0 Å². The molecule has 1 heterocycles. The molecule has 1 aliphatic heterocycles. The summed E-state index contributed by atoms with van der Waals surface area (Å²) in [5, 5.41) is 3.68. The lowest BCUT2D eigenvalue weighted by Gasteiger charge is -2.33. The predicted molar refractivity (Wildman–Crippen MR) is 88.5 cm³/mol. The van der Waals surface area contributed by atoms with E-state index in [1.165, 1.54) is 4.90 Å². The summed E-state index contributed by atoms with van der Waals surface area (Å²) in [4.78, 5) is 27.6. The molecule has 0 spiro atoms. The van der Waals surface area contributed by atoms with Crippen LogP contribution < -0.4 is 5.32 Å². The second-order valence-corrected chi connectivity index (χ2v) is 6.39. The first-order chi connectivity index (χ1) is 10.4. The topological polar surface area (TPSA) is 52.7 Å². The van der Waals surface area contributed by atoms with Crippen molar-refractivity contribution >= 4 is 40.8 Å². The zero-order valence-electron chi connectivity index (χ0n) is 12.6. The highest BCUT2D eigenvalue weighted by Gasteiger charge is 2.29. The van der Waals surface area contributed by atoms with E-state index in [1.807, 2.05) is 0 Å². The molecule has 3 amide bonds. The van der Waals surface area contributed by atoms with E-state index in [0.717, 1.165) is 12.8 Å². The number of carbonyl (C=O) groups excluding carboxylic acids is 2. The highest BCUT2D eigenvalue weighted by atomic mass is 35.5. The Kier molecular flexibility index (Phi) is 5.53. The molecule has 22 heavy (non-hydrogen) atoms. The highest BCUT2D eigenvalue weighted by molar-refractivity contribution is 6.42. The summed E-state index contributed by atoms with van der Waals surface area (Å²) in [6.07, 6.45) is 1.59. The molecule has 0 saturated carbocycles. The smallest absolute Gasteiger partial charge is 0.319 e. The minimum atomic E-state index is -0.216.